The number of benzene rings is 1. The Hall–Kier alpha value is -1.49. The molecule has 5 heteroatoms. The van der Waals surface area contributed by atoms with Crippen LogP contribution in [0.15, 0.2) is 28.4 Å². The highest BCUT2D eigenvalue weighted by atomic mass is 32.2. The van der Waals surface area contributed by atoms with Gasteiger partial charge in [-0.25, -0.2) is 0 Å². The van der Waals surface area contributed by atoms with Gasteiger partial charge < -0.3 is 10.8 Å². The molecule has 0 saturated carbocycles. The van der Waals surface area contributed by atoms with Gasteiger partial charge in [0.05, 0.1) is 6.21 Å². The number of nitrogens with zero attached hydrogens (tertiary/aromatic N) is 2. The topological polar surface area (TPSA) is 71.0 Å². The van der Waals surface area contributed by atoms with Crippen LogP contribution < -0.4 is 5.73 Å². The molecule has 1 aromatic carbocycles. The van der Waals surface area contributed by atoms with Crippen molar-refractivity contribution in [2.24, 2.45) is 15.9 Å². The summed E-state index contributed by atoms with van der Waals surface area (Å²) < 4.78 is 0. The van der Waals surface area contributed by atoms with Crippen molar-refractivity contribution in [3.05, 3.63) is 29.3 Å². The fraction of sp³-hybridized carbons (Fsp3) is 0.333. The third-order valence-corrected chi connectivity index (χ3v) is 2.98. The minimum atomic E-state index is 0.189. The summed E-state index contributed by atoms with van der Waals surface area (Å²) in [5.74, 6) is 1.12. The van der Waals surface area contributed by atoms with E-state index in [4.69, 9.17) is 5.73 Å². The van der Waals surface area contributed by atoms with Crippen molar-refractivity contribution in [2.75, 3.05) is 5.75 Å². The average molecular weight is 251 g/mol. The predicted molar refractivity (Wildman–Crippen MR) is 74.8 cm³/mol. The molecule has 4 nitrogen and oxygen atoms in total. The summed E-state index contributed by atoms with van der Waals surface area (Å²) in [6.07, 6.45) is 2.55. The van der Waals surface area contributed by atoms with E-state index in [-0.39, 0.29) is 5.75 Å². The molecule has 0 heterocycles. The number of hydrogen-bond donors (Lipinski definition) is 2. The number of aryl methyl sites for hydroxylation is 1. The van der Waals surface area contributed by atoms with Gasteiger partial charge in [-0.05, 0) is 25.5 Å². The number of rotatable bonds is 4. The Balaban J connectivity index is 2.67. The lowest BCUT2D eigenvalue weighted by Gasteiger charge is -1.99. The first-order valence-corrected chi connectivity index (χ1v) is 6.41. The van der Waals surface area contributed by atoms with Crippen LogP contribution in [0.4, 0.5) is 0 Å². The molecule has 1 rings (SSSR count). The van der Waals surface area contributed by atoms with E-state index in [0.29, 0.717) is 10.7 Å². The van der Waals surface area contributed by atoms with E-state index in [9.17, 15) is 5.11 Å². The summed E-state index contributed by atoms with van der Waals surface area (Å²) in [4.78, 5) is 0. The molecule has 0 aliphatic carbocycles. The normalized spacial score (nSPS) is 12.2. The van der Waals surface area contributed by atoms with Gasteiger partial charge in [-0.15, -0.1) is 5.10 Å². The van der Waals surface area contributed by atoms with Crippen LogP contribution in [0, 0.1) is 6.92 Å². The minimum Gasteiger partial charge on any atom is -0.507 e. The number of nitrogens with two attached hydrogens (primary N) is 1. The summed E-state index contributed by atoms with van der Waals surface area (Å²) in [5.41, 5.74) is 7.33. The lowest BCUT2D eigenvalue weighted by atomic mass is 10.1. The number of thioether (sulfide) groups is 1. The molecule has 1 aromatic rings. The van der Waals surface area contributed by atoms with Gasteiger partial charge in [-0.2, -0.15) is 5.10 Å². The van der Waals surface area contributed by atoms with Gasteiger partial charge in [0.25, 0.3) is 0 Å². The van der Waals surface area contributed by atoms with E-state index < -0.39 is 0 Å². The lowest BCUT2D eigenvalue weighted by molar-refractivity contribution is 0.474. The fourth-order valence-electron chi connectivity index (χ4n) is 1.16. The van der Waals surface area contributed by atoms with Gasteiger partial charge >= 0.3 is 0 Å². The summed E-state index contributed by atoms with van der Waals surface area (Å²) in [6.45, 7) is 4.03. The molecule has 0 radical (unpaired) electrons. The van der Waals surface area contributed by atoms with Gasteiger partial charge in [-0.3, -0.25) is 0 Å². The van der Waals surface area contributed by atoms with Crippen molar-refractivity contribution < 1.29 is 5.11 Å². The Morgan fingerprint density at radius 2 is 2.29 bits per heavy atom. The van der Waals surface area contributed by atoms with Crippen molar-refractivity contribution in [1.82, 2.24) is 0 Å². The molecule has 0 aromatic heterocycles. The van der Waals surface area contributed by atoms with Crippen LogP contribution in [0.3, 0.4) is 0 Å². The van der Waals surface area contributed by atoms with Crippen LogP contribution in [0.25, 0.3) is 0 Å². The third kappa shape index (κ3) is 4.91. The van der Waals surface area contributed by atoms with Crippen molar-refractivity contribution in [1.29, 1.82) is 0 Å². The third-order valence-electron chi connectivity index (χ3n) is 1.99. The van der Waals surface area contributed by atoms with E-state index in [0.717, 1.165) is 17.7 Å². The second-order valence-electron chi connectivity index (χ2n) is 3.59. The first kappa shape index (κ1) is 13.6. The second-order valence-corrected chi connectivity index (χ2v) is 4.71. The Morgan fingerprint density at radius 1 is 1.53 bits per heavy atom. The van der Waals surface area contributed by atoms with Crippen LogP contribution in [-0.4, -0.2) is 22.2 Å². The number of aromatic hydroxyl groups is 1. The maximum Gasteiger partial charge on any atom is 0.180 e. The van der Waals surface area contributed by atoms with E-state index in [1.54, 1.807) is 6.07 Å². The zero-order valence-corrected chi connectivity index (χ0v) is 10.9. The Labute approximate surface area is 106 Å². The molecule has 0 aliphatic rings. The van der Waals surface area contributed by atoms with Gasteiger partial charge in [0, 0.05) is 11.3 Å². The highest BCUT2D eigenvalue weighted by Gasteiger charge is 1.97. The molecule has 0 saturated heterocycles. The zero-order valence-electron chi connectivity index (χ0n) is 10.1. The monoisotopic (exact) mass is 251 g/mol. The van der Waals surface area contributed by atoms with Crippen molar-refractivity contribution >= 4 is 23.1 Å². The standard InChI is InChI=1S/C12H17N3OS/c1-3-6-17-12(13)15-14-8-10-7-9(2)4-5-11(10)16/h4-5,7-8,16H,3,6H2,1-2H3,(H2,13,15)/b14-8-. The van der Waals surface area contributed by atoms with Crippen LogP contribution in [0.1, 0.15) is 24.5 Å². The lowest BCUT2D eigenvalue weighted by Crippen LogP contribution is -2.06. The van der Waals surface area contributed by atoms with E-state index in [1.165, 1.54) is 18.0 Å². The van der Waals surface area contributed by atoms with E-state index >= 15 is 0 Å². The molecular formula is C12H17N3OS. The summed E-state index contributed by atoms with van der Waals surface area (Å²) >= 11 is 1.47. The number of phenolic OH excluding ortho intramolecular Hbond substituents is 1. The molecule has 0 atom stereocenters. The SMILES string of the molecule is CCCS/C(N)=N\N=C/c1cc(C)ccc1O. The van der Waals surface area contributed by atoms with Crippen LogP contribution in [0.2, 0.25) is 0 Å². The Bertz CT molecular complexity index is 430. The maximum absolute atomic E-state index is 9.57. The molecule has 17 heavy (non-hydrogen) atoms. The molecular weight excluding hydrogens is 234 g/mol. The quantitative estimate of drug-likeness (QED) is 0.490. The van der Waals surface area contributed by atoms with Gasteiger partial charge in [0.2, 0.25) is 0 Å². The molecule has 0 aliphatic heterocycles. The number of phenols is 1. The van der Waals surface area contributed by atoms with Crippen LogP contribution in [0.5, 0.6) is 5.75 Å². The van der Waals surface area contributed by atoms with Crippen LogP contribution >= 0.6 is 11.8 Å². The minimum absolute atomic E-state index is 0.189. The average Bonchev–Trinajstić information content (AvgIpc) is 2.31. The Morgan fingerprint density at radius 3 is 3.00 bits per heavy atom. The predicted octanol–water partition coefficient (Wildman–Crippen LogP) is 2.49. The highest BCUT2D eigenvalue weighted by molar-refractivity contribution is 8.13. The van der Waals surface area contributed by atoms with E-state index in [1.807, 2.05) is 19.1 Å². The van der Waals surface area contributed by atoms with Gasteiger partial charge in [0.15, 0.2) is 5.17 Å². The Kier molecular flexibility index (Phi) is 5.56. The summed E-state index contributed by atoms with van der Waals surface area (Å²) in [7, 11) is 0. The summed E-state index contributed by atoms with van der Waals surface area (Å²) in [6, 6.07) is 5.31. The number of hydrogen-bond acceptors (Lipinski definition) is 4. The molecule has 92 valence electrons. The summed E-state index contributed by atoms with van der Waals surface area (Å²) in [5, 5.41) is 17.7. The molecule has 0 fully saturated rings. The van der Waals surface area contributed by atoms with E-state index in [2.05, 4.69) is 17.1 Å². The maximum atomic E-state index is 9.57. The van der Waals surface area contributed by atoms with Crippen molar-refractivity contribution in [3.63, 3.8) is 0 Å². The van der Waals surface area contributed by atoms with Gasteiger partial charge in [0.1, 0.15) is 5.75 Å². The molecule has 0 amide bonds. The van der Waals surface area contributed by atoms with Gasteiger partial charge in [-0.1, -0.05) is 30.3 Å². The molecule has 0 unspecified atom stereocenters. The molecule has 3 N–H and O–H groups in total. The zero-order chi connectivity index (χ0) is 12.7. The first-order valence-electron chi connectivity index (χ1n) is 5.42. The highest BCUT2D eigenvalue weighted by Crippen LogP contribution is 2.15. The smallest absolute Gasteiger partial charge is 0.180 e. The largest absolute Gasteiger partial charge is 0.507 e. The van der Waals surface area contributed by atoms with Crippen molar-refractivity contribution in [2.45, 2.75) is 20.3 Å². The molecule has 0 bridgehead atoms. The second kappa shape index (κ2) is 6.96. The first-order chi connectivity index (χ1) is 8.13. The molecule has 0 spiro atoms. The van der Waals surface area contributed by atoms with Crippen molar-refractivity contribution in [3.8, 4) is 5.75 Å². The fourth-order valence-corrected chi connectivity index (χ4v) is 1.68. The number of amidine groups is 1. The van der Waals surface area contributed by atoms with Crippen LogP contribution in [-0.2, 0) is 0 Å².